The predicted molar refractivity (Wildman–Crippen MR) is 89.2 cm³/mol. The zero-order chi connectivity index (χ0) is 14.3. The van der Waals surface area contributed by atoms with Crippen LogP contribution in [-0.2, 0) is 12.0 Å². The molecule has 0 amide bonds. The van der Waals surface area contributed by atoms with Gasteiger partial charge in [0.1, 0.15) is 0 Å². The van der Waals surface area contributed by atoms with E-state index in [1.807, 2.05) is 11.3 Å². The Balaban J connectivity index is 2.10. The van der Waals surface area contributed by atoms with Gasteiger partial charge in [-0.1, -0.05) is 32.0 Å². The number of aromatic nitrogens is 2. The third-order valence-corrected chi connectivity index (χ3v) is 5.32. The number of nitrogens with zero attached hydrogens (tertiary/aromatic N) is 1. The Morgan fingerprint density at radius 2 is 2.05 bits per heavy atom. The maximum atomic E-state index is 5.52. The van der Waals surface area contributed by atoms with Gasteiger partial charge < -0.3 is 9.55 Å². The fraction of sp³-hybridized carbons (Fsp3) is 0.312. The average Bonchev–Trinajstić information content (AvgIpc) is 3.01. The molecule has 3 rings (SSSR count). The number of aromatic amines is 1. The Morgan fingerprint density at radius 3 is 2.75 bits per heavy atom. The number of hydrogen-bond acceptors (Lipinski definition) is 2. The zero-order valence-corrected chi connectivity index (χ0v) is 13.6. The molecule has 104 valence electrons. The van der Waals surface area contributed by atoms with E-state index >= 15 is 0 Å². The lowest BCUT2D eigenvalue weighted by molar-refractivity contribution is 0.447. The number of para-hydroxylation sites is 1. The number of fused-ring (bicyclic) bond motifs is 1. The number of H-pyrrole nitrogens is 1. The Hall–Kier alpha value is -1.39. The summed E-state index contributed by atoms with van der Waals surface area (Å²) in [6, 6.07) is 10.7. The minimum absolute atomic E-state index is 0.0747. The van der Waals surface area contributed by atoms with E-state index in [1.54, 1.807) is 0 Å². The second-order valence-electron chi connectivity index (χ2n) is 5.85. The normalized spacial score (nSPS) is 12.2. The van der Waals surface area contributed by atoms with Gasteiger partial charge in [0.25, 0.3) is 0 Å². The minimum atomic E-state index is 0.0747. The monoisotopic (exact) mass is 302 g/mol. The van der Waals surface area contributed by atoms with E-state index in [-0.39, 0.29) is 5.41 Å². The smallest absolute Gasteiger partial charge is 0.178 e. The first-order chi connectivity index (χ1) is 9.49. The highest BCUT2D eigenvalue weighted by Crippen LogP contribution is 2.31. The highest BCUT2D eigenvalue weighted by Gasteiger charge is 2.23. The van der Waals surface area contributed by atoms with Gasteiger partial charge >= 0.3 is 0 Å². The molecular formula is C16H18N2S2. The maximum absolute atomic E-state index is 5.52. The van der Waals surface area contributed by atoms with Crippen molar-refractivity contribution in [3.05, 3.63) is 50.9 Å². The zero-order valence-electron chi connectivity index (χ0n) is 11.9. The second kappa shape index (κ2) is 4.86. The van der Waals surface area contributed by atoms with Crippen molar-refractivity contribution in [2.24, 2.45) is 0 Å². The van der Waals surface area contributed by atoms with E-state index in [0.717, 1.165) is 16.8 Å². The standard InChI is InChI=1S/C16H18N2S2/c1-11-6-4-7-12-14(11)17-15(19)18(12)10-16(2,3)13-8-5-9-20-13/h4-9H,10H2,1-3H3,(H,17,19). The molecule has 0 radical (unpaired) electrons. The summed E-state index contributed by atoms with van der Waals surface area (Å²) >= 11 is 7.33. The van der Waals surface area contributed by atoms with Crippen molar-refractivity contribution < 1.29 is 0 Å². The van der Waals surface area contributed by atoms with Crippen LogP contribution in [0.4, 0.5) is 0 Å². The molecule has 0 atom stereocenters. The van der Waals surface area contributed by atoms with Crippen LogP contribution in [0.5, 0.6) is 0 Å². The molecule has 0 aliphatic rings. The summed E-state index contributed by atoms with van der Waals surface area (Å²) in [5.74, 6) is 0. The Bertz CT molecular complexity index is 792. The van der Waals surface area contributed by atoms with Crippen molar-refractivity contribution in [3.63, 3.8) is 0 Å². The van der Waals surface area contributed by atoms with Crippen molar-refractivity contribution >= 4 is 34.6 Å². The molecule has 0 saturated heterocycles. The van der Waals surface area contributed by atoms with Gasteiger partial charge in [-0.2, -0.15) is 0 Å². The van der Waals surface area contributed by atoms with E-state index in [4.69, 9.17) is 12.2 Å². The molecule has 0 fully saturated rings. The van der Waals surface area contributed by atoms with Gasteiger partial charge in [-0.15, -0.1) is 11.3 Å². The molecule has 2 heterocycles. The number of thiophene rings is 1. The first-order valence-electron chi connectivity index (χ1n) is 6.71. The van der Waals surface area contributed by atoms with Crippen LogP contribution in [0.15, 0.2) is 35.7 Å². The summed E-state index contributed by atoms with van der Waals surface area (Å²) in [5.41, 5.74) is 3.66. The lowest BCUT2D eigenvalue weighted by Gasteiger charge is -2.24. The van der Waals surface area contributed by atoms with E-state index in [2.05, 4.69) is 66.0 Å². The fourth-order valence-electron chi connectivity index (χ4n) is 2.62. The quantitative estimate of drug-likeness (QED) is 0.672. The summed E-state index contributed by atoms with van der Waals surface area (Å²) in [7, 11) is 0. The molecule has 0 aliphatic carbocycles. The SMILES string of the molecule is Cc1cccc2c1[nH]c(=S)n2CC(C)(C)c1cccs1. The molecule has 1 aromatic carbocycles. The van der Waals surface area contributed by atoms with Gasteiger partial charge in [0.15, 0.2) is 4.77 Å². The van der Waals surface area contributed by atoms with Crippen LogP contribution in [0.2, 0.25) is 0 Å². The summed E-state index contributed by atoms with van der Waals surface area (Å²) in [6.07, 6.45) is 0. The molecule has 20 heavy (non-hydrogen) atoms. The number of imidazole rings is 1. The average molecular weight is 302 g/mol. The molecule has 0 unspecified atom stereocenters. The lowest BCUT2D eigenvalue weighted by Crippen LogP contribution is -2.23. The van der Waals surface area contributed by atoms with Crippen molar-refractivity contribution in [2.75, 3.05) is 0 Å². The van der Waals surface area contributed by atoms with E-state index in [0.29, 0.717) is 0 Å². The Labute approximate surface area is 128 Å². The first kappa shape index (κ1) is 13.6. The molecule has 0 spiro atoms. The summed E-state index contributed by atoms with van der Waals surface area (Å²) in [6.45, 7) is 7.54. The molecule has 0 bridgehead atoms. The van der Waals surface area contributed by atoms with Gasteiger partial charge in [-0.25, -0.2) is 0 Å². The maximum Gasteiger partial charge on any atom is 0.178 e. The van der Waals surface area contributed by atoms with E-state index < -0.39 is 0 Å². The van der Waals surface area contributed by atoms with Crippen LogP contribution in [0, 0.1) is 11.7 Å². The van der Waals surface area contributed by atoms with Gasteiger partial charge in [0.2, 0.25) is 0 Å². The summed E-state index contributed by atoms with van der Waals surface area (Å²) in [4.78, 5) is 4.73. The third kappa shape index (κ3) is 2.23. The Kier molecular flexibility index (Phi) is 3.30. The number of nitrogens with one attached hydrogen (secondary N) is 1. The van der Waals surface area contributed by atoms with Crippen molar-refractivity contribution in [2.45, 2.75) is 32.7 Å². The molecular weight excluding hydrogens is 284 g/mol. The van der Waals surface area contributed by atoms with Gasteiger partial charge in [0, 0.05) is 16.8 Å². The molecule has 2 nitrogen and oxygen atoms in total. The van der Waals surface area contributed by atoms with Gasteiger partial charge in [-0.05, 0) is 42.2 Å². The van der Waals surface area contributed by atoms with Gasteiger partial charge in [0.05, 0.1) is 11.0 Å². The third-order valence-electron chi connectivity index (χ3n) is 3.76. The lowest BCUT2D eigenvalue weighted by atomic mass is 9.91. The van der Waals surface area contributed by atoms with Crippen molar-refractivity contribution in [3.8, 4) is 0 Å². The van der Waals surface area contributed by atoms with Crippen molar-refractivity contribution in [1.29, 1.82) is 0 Å². The molecule has 4 heteroatoms. The van der Waals surface area contributed by atoms with Crippen LogP contribution >= 0.6 is 23.6 Å². The largest absolute Gasteiger partial charge is 0.330 e. The van der Waals surface area contributed by atoms with Crippen molar-refractivity contribution in [1.82, 2.24) is 9.55 Å². The highest BCUT2D eigenvalue weighted by atomic mass is 32.1. The summed E-state index contributed by atoms with van der Waals surface area (Å²) in [5, 5.41) is 2.13. The fourth-order valence-corrected chi connectivity index (χ4v) is 3.73. The first-order valence-corrected chi connectivity index (χ1v) is 8.00. The highest BCUT2D eigenvalue weighted by molar-refractivity contribution is 7.71. The van der Waals surface area contributed by atoms with Crippen LogP contribution in [0.3, 0.4) is 0 Å². The minimum Gasteiger partial charge on any atom is -0.330 e. The van der Waals surface area contributed by atoms with E-state index in [1.165, 1.54) is 16.0 Å². The predicted octanol–water partition coefficient (Wildman–Crippen LogP) is 5.05. The number of hydrogen-bond donors (Lipinski definition) is 1. The number of benzene rings is 1. The number of aryl methyl sites for hydroxylation is 1. The van der Waals surface area contributed by atoms with Gasteiger partial charge in [-0.3, -0.25) is 0 Å². The molecule has 3 aromatic rings. The molecule has 2 aromatic heterocycles. The number of rotatable bonds is 3. The molecule has 0 aliphatic heterocycles. The van der Waals surface area contributed by atoms with Crippen LogP contribution in [0.25, 0.3) is 11.0 Å². The molecule has 0 saturated carbocycles. The topological polar surface area (TPSA) is 20.7 Å². The van der Waals surface area contributed by atoms with Crippen LogP contribution in [-0.4, -0.2) is 9.55 Å². The second-order valence-corrected chi connectivity index (χ2v) is 7.18. The van der Waals surface area contributed by atoms with Crippen LogP contribution < -0.4 is 0 Å². The summed E-state index contributed by atoms with van der Waals surface area (Å²) < 4.78 is 3.02. The molecule has 1 N–H and O–H groups in total. The van der Waals surface area contributed by atoms with Crippen LogP contribution in [0.1, 0.15) is 24.3 Å². The Morgan fingerprint density at radius 1 is 1.25 bits per heavy atom. The van der Waals surface area contributed by atoms with E-state index in [9.17, 15) is 0 Å².